The van der Waals surface area contributed by atoms with Gasteiger partial charge in [0, 0.05) is 11.5 Å². The molecule has 0 heterocycles. The third kappa shape index (κ3) is 9.59. The van der Waals surface area contributed by atoms with Gasteiger partial charge in [0.1, 0.15) is 23.9 Å². The van der Waals surface area contributed by atoms with Crippen LogP contribution in [0.5, 0.6) is 5.75 Å². The maximum atomic E-state index is 12.5. The van der Waals surface area contributed by atoms with Crippen LogP contribution in [0.25, 0.3) is 0 Å². The van der Waals surface area contributed by atoms with Crippen LogP contribution in [-0.4, -0.2) is 80.7 Å². The van der Waals surface area contributed by atoms with E-state index in [0.717, 1.165) is 0 Å². The molecular formula is C19H26N4O8S2. The molecule has 1 aromatic rings. The maximum Gasteiger partial charge on any atom is 0.326 e. The highest BCUT2D eigenvalue weighted by Gasteiger charge is 2.30. The van der Waals surface area contributed by atoms with Gasteiger partial charge in [-0.1, -0.05) is 12.1 Å². The monoisotopic (exact) mass is 502 g/mol. The average molecular weight is 503 g/mol. The van der Waals surface area contributed by atoms with Crippen molar-refractivity contribution < 1.29 is 39.3 Å². The minimum atomic E-state index is -1.70. The maximum absolute atomic E-state index is 12.5. The molecular weight excluding hydrogens is 476 g/mol. The molecule has 1 aromatic carbocycles. The summed E-state index contributed by atoms with van der Waals surface area (Å²) in [4.78, 5) is 59.1. The molecule has 0 saturated carbocycles. The Kier molecular flexibility index (Phi) is 11.5. The van der Waals surface area contributed by atoms with Crippen molar-refractivity contribution in [3.05, 3.63) is 29.8 Å². The number of nitrogens with two attached hydrogens (primary N) is 1. The predicted octanol–water partition coefficient (Wildman–Crippen LogP) is -1.86. The lowest BCUT2D eigenvalue weighted by Crippen LogP contribution is -2.58. The third-order valence-electron chi connectivity index (χ3n) is 4.35. The average Bonchev–Trinajstić information content (AvgIpc) is 2.75. The van der Waals surface area contributed by atoms with Gasteiger partial charge in [-0.25, -0.2) is 4.79 Å². The van der Waals surface area contributed by atoms with Gasteiger partial charge in [0.2, 0.25) is 17.7 Å². The second-order valence-corrected chi connectivity index (χ2v) is 7.69. The number of nitrogens with one attached hydrogen (secondary N) is 3. The van der Waals surface area contributed by atoms with Gasteiger partial charge in [0.15, 0.2) is 0 Å². The van der Waals surface area contributed by atoms with Gasteiger partial charge in [-0.2, -0.15) is 25.3 Å². The number of aromatic hydroxyl groups is 1. The largest absolute Gasteiger partial charge is 0.508 e. The first kappa shape index (κ1) is 28.1. The molecule has 182 valence electrons. The first-order chi connectivity index (χ1) is 15.5. The summed E-state index contributed by atoms with van der Waals surface area (Å²) in [5, 5.41) is 33.9. The van der Waals surface area contributed by atoms with E-state index in [4.69, 9.17) is 15.9 Å². The zero-order chi connectivity index (χ0) is 25.1. The second kappa shape index (κ2) is 13.5. The number of benzene rings is 1. The van der Waals surface area contributed by atoms with E-state index in [1.807, 2.05) is 5.32 Å². The van der Waals surface area contributed by atoms with Crippen molar-refractivity contribution in [2.24, 2.45) is 5.73 Å². The van der Waals surface area contributed by atoms with E-state index >= 15 is 0 Å². The van der Waals surface area contributed by atoms with Crippen LogP contribution in [0.15, 0.2) is 24.3 Å². The van der Waals surface area contributed by atoms with Gasteiger partial charge in [-0.05, 0) is 24.1 Å². The molecule has 0 aliphatic heterocycles. The van der Waals surface area contributed by atoms with E-state index in [9.17, 15) is 29.1 Å². The number of rotatable bonds is 13. The summed E-state index contributed by atoms with van der Waals surface area (Å²) in [6.45, 7) is 0. The number of carboxylic acids is 2. The molecule has 33 heavy (non-hydrogen) atoms. The summed E-state index contributed by atoms with van der Waals surface area (Å²) in [6.07, 6.45) is -0.725. The number of hydrogen-bond donors (Lipinski definition) is 9. The molecule has 0 fully saturated rings. The minimum Gasteiger partial charge on any atom is -0.508 e. The van der Waals surface area contributed by atoms with Crippen LogP contribution in [0.4, 0.5) is 0 Å². The SMILES string of the molecule is NC(Cc1ccc(O)cc1)C(=O)NC(CS)C(=O)NC(CS)C(=O)NC(CC(=O)O)C(=O)O. The van der Waals surface area contributed by atoms with Crippen molar-refractivity contribution in [3.63, 3.8) is 0 Å². The molecule has 4 atom stereocenters. The van der Waals surface area contributed by atoms with Gasteiger partial charge < -0.3 is 37.0 Å². The van der Waals surface area contributed by atoms with Gasteiger partial charge in [-0.15, -0.1) is 0 Å². The van der Waals surface area contributed by atoms with Crippen molar-refractivity contribution in [3.8, 4) is 5.75 Å². The van der Waals surface area contributed by atoms with Gasteiger partial charge in [-0.3, -0.25) is 19.2 Å². The minimum absolute atomic E-state index is 0.0593. The third-order valence-corrected chi connectivity index (χ3v) is 5.08. The molecule has 0 aliphatic carbocycles. The molecule has 4 unspecified atom stereocenters. The van der Waals surface area contributed by atoms with Crippen molar-refractivity contribution in [1.29, 1.82) is 0 Å². The molecule has 0 aromatic heterocycles. The molecule has 1 rings (SSSR count). The zero-order valence-corrected chi connectivity index (χ0v) is 19.1. The normalized spacial score (nSPS) is 14.3. The fourth-order valence-corrected chi connectivity index (χ4v) is 3.08. The molecule has 0 radical (unpaired) electrons. The molecule has 0 aliphatic rings. The van der Waals surface area contributed by atoms with Crippen LogP contribution in [0, 0.1) is 0 Å². The second-order valence-electron chi connectivity index (χ2n) is 6.96. The Morgan fingerprint density at radius 2 is 1.27 bits per heavy atom. The van der Waals surface area contributed by atoms with Gasteiger partial charge >= 0.3 is 11.9 Å². The Labute approximate surface area is 200 Å². The highest BCUT2D eigenvalue weighted by molar-refractivity contribution is 7.80. The lowest BCUT2D eigenvalue weighted by molar-refractivity contribution is -0.147. The first-order valence-corrected chi connectivity index (χ1v) is 10.9. The van der Waals surface area contributed by atoms with Crippen LogP contribution in [0.2, 0.25) is 0 Å². The van der Waals surface area contributed by atoms with Crippen LogP contribution in [-0.2, 0) is 30.4 Å². The Hall–Kier alpha value is -2.97. The molecule has 0 bridgehead atoms. The van der Waals surface area contributed by atoms with E-state index in [1.165, 1.54) is 12.1 Å². The number of phenols is 1. The fourth-order valence-electron chi connectivity index (χ4n) is 2.56. The summed E-state index contributed by atoms with van der Waals surface area (Å²) < 4.78 is 0. The fraction of sp³-hybridized carbons (Fsp3) is 0.421. The number of phenolic OH excluding ortho intramolecular Hbond substituents is 1. The van der Waals surface area contributed by atoms with Crippen molar-refractivity contribution in [2.75, 3.05) is 11.5 Å². The van der Waals surface area contributed by atoms with Crippen molar-refractivity contribution in [1.82, 2.24) is 16.0 Å². The smallest absolute Gasteiger partial charge is 0.326 e. The molecule has 8 N–H and O–H groups in total. The van der Waals surface area contributed by atoms with Crippen LogP contribution < -0.4 is 21.7 Å². The van der Waals surface area contributed by atoms with Gasteiger partial charge in [0.25, 0.3) is 0 Å². The summed E-state index contributed by atoms with van der Waals surface area (Å²) >= 11 is 7.98. The van der Waals surface area contributed by atoms with Crippen LogP contribution in [0.1, 0.15) is 12.0 Å². The topological polar surface area (TPSA) is 208 Å². The van der Waals surface area contributed by atoms with Gasteiger partial charge in [0.05, 0.1) is 12.5 Å². The molecule has 14 heteroatoms. The zero-order valence-electron chi connectivity index (χ0n) is 17.3. The predicted molar refractivity (Wildman–Crippen MR) is 123 cm³/mol. The van der Waals surface area contributed by atoms with Crippen molar-refractivity contribution >= 4 is 54.9 Å². The summed E-state index contributed by atoms with van der Waals surface area (Å²) in [5.41, 5.74) is 6.56. The summed E-state index contributed by atoms with van der Waals surface area (Å²) in [7, 11) is 0. The molecule has 0 saturated heterocycles. The van der Waals surface area contributed by atoms with E-state index < -0.39 is 60.2 Å². The highest BCUT2D eigenvalue weighted by atomic mass is 32.1. The standard InChI is InChI=1S/C19H26N4O8S2/c20-11(5-9-1-3-10(24)4-2-9)16(27)22-13(7-32)18(29)23-14(8-33)17(28)21-12(19(30)31)6-15(25)26/h1-4,11-14,24,32-33H,5-8,20H2,(H,21,28)(H,22,27)(H,23,29)(H,25,26)(H,30,31). The van der Waals surface area contributed by atoms with Crippen molar-refractivity contribution in [2.45, 2.75) is 37.0 Å². The molecule has 12 nitrogen and oxygen atoms in total. The lowest BCUT2D eigenvalue weighted by atomic mass is 10.1. The van der Waals surface area contributed by atoms with E-state index in [0.29, 0.717) is 5.56 Å². The Balaban J connectivity index is 2.72. The quantitative estimate of drug-likeness (QED) is 0.138. The number of thiol groups is 2. The Morgan fingerprint density at radius 3 is 1.70 bits per heavy atom. The number of carbonyl (C=O) groups is 5. The molecule has 0 spiro atoms. The van der Waals surface area contributed by atoms with E-state index in [1.54, 1.807) is 12.1 Å². The first-order valence-electron chi connectivity index (χ1n) is 9.59. The van der Waals surface area contributed by atoms with Crippen LogP contribution >= 0.6 is 25.3 Å². The van der Waals surface area contributed by atoms with E-state index in [-0.39, 0.29) is 23.7 Å². The van der Waals surface area contributed by atoms with Crippen LogP contribution in [0.3, 0.4) is 0 Å². The Morgan fingerprint density at radius 1 is 0.818 bits per heavy atom. The number of carboxylic acid groups (broad SMARTS) is 2. The lowest BCUT2D eigenvalue weighted by Gasteiger charge is -2.23. The molecule has 3 amide bonds. The number of carbonyl (C=O) groups excluding carboxylic acids is 3. The number of amides is 3. The summed E-state index contributed by atoms with van der Waals surface area (Å²) in [5.74, 6) is -5.71. The highest BCUT2D eigenvalue weighted by Crippen LogP contribution is 2.11. The number of hydrogen-bond acceptors (Lipinski definition) is 9. The van der Waals surface area contributed by atoms with E-state index in [2.05, 4.69) is 35.9 Å². The summed E-state index contributed by atoms with van der Waals surface area (Å²) in [6, 6.07) is 0.882. The Bertz CT molecular complexity index is 868. The number of aliphatic carboxylic acids is 2.